The average Bonchev–Trinajstić information content (AvgIpc) is 2.97. The van der Waals surface area contributed by atoms with Gasteiger partial charge in [-0.1, -0.05) is 32.0 Å². The molecular weight excluding hydrogens is 532 g/mol. The van der Waals surface area contributed by atoms with Gasteiger partial charge in [0.25, 0.3) is 0 Å². The Balaban J connectivity index is 2.15. The van der Waals surface area contributed by atoms with Gasteiger partial charge in [0.05, 0.1) is 34.0 Å². The number of methoxy groups -OCH3 is 4. The minimum Gasteiger partial charge on any atom is -0.504 e. The highest BCUT2D eigenvalue weighted by molar-refractivity contribution is 5.91. The van der Waals surface area contributed by atoms with E-state index in [4.69, 9.17) is 28.4 Å². The van der Waals surface area contributed by atoms with Crippen LogP contribution in [0.1, 0.15) is 54.5 Å². The fourth-order valence-electron chi connectivity index (χ4n) is 5.40. The molecule has 3 aromatic carbocycles. The van der Waals surface area contributed by atoms with E-state index in [1.54, 1.807) is 36.4 Å². The van der Waals surface area contributed by atoms with Crippen molar-refractivity contribution in [2.45, 2.75) is 33.0 Å². The minimum atomic E-state index is -0.964. The van der Waals surface area contributed by atoms with Crippen LogP contribution in [0.25, 0.3) is 11.1 Å². The van der Waals surface area contributed by atoms with Crippen LogP contribution in [0.3, 0.4) is 0 Å². The molecule has 0 fully saturated rings. The van der Waals surface area contributed by atoms with E-state index in [1.165, 1.54) is 41.4 Å². The van der Waals surface area contributed by atoms with Crippen LogP contribution in [0.15, 0.2) is 42.5 Å². The first-order valence-corrected chi connectivity index (χ1v) is 13.0. The quantitative estimate of drug-likeness (QED) is 0.349. The average molecular weight is 567 g/mol. The maximum Gasteiger partial charge on any atom is 0.338 e. The van der Waals surface area contributed by atoms with E-state index in [2.05, 4.69) is 0 Å². The number of carbonyl (C=O) groups is 2. The Hall–Kier alpha value is -4.60. The first kappa shape index (κ1) is 29.4. The molecule has 0 aliphatic heterocycles. The maximum atomic E-state index is 13.4. The van der Waals surface area contributed by atoms with Crippen molar-refractivity contribution in [3.8, 4) is 45.6 Å². The van der Waals surface area contributed by atoms with E-state index >= 15 is 0 Å². The molecular formula is C31H34O10. The highest BCUT2D eigenvalue weighted by Gasteiger charge is 2.43. The number of esters is 2. The molecule has 41 heavy (non-hydrogen) atoms. The van der Waals surface area contributed by atoms with Gasteiger partial charge in [0.2, 0.25) is 11.5 Å². The van der Waals surface area contributed by atoms with E-state index in [9.17, 15) is 19.8 Å². The van der Waals surface area contributed by atoms with Crippen LogP contribution in [0, 0.1) is 11.8 Å². The van der Waals surface area contributed by atoms with Crippen LogP contribution in [0.4, 0.5) is 0 Å². The minimum absolute atomic E-state index is 0.00735. The van der Waals surface area contributed by atoms with E-state index in [0.717, 1.165) is 0 Å². The molecule has 1 aliphatic rings. The van der Waals surface area contributed by atoms with E-state index in [-0.39, 0.29) is 45.6 Å². The van der Waals surface area contributed by atoms with Gasteiger partial charge >= 0.3 is 11.9 Å². The number of carbonyl (C=O) groups excluding carboxylic acids is 2. The number of benzene rings is 3. The lowest BCUT2D eigenvalue weighted by Gasteiger charge is -2.38. The molecule has 1 aliphatic carbocycles. The van der Waals surface area contributed by atoms with E-state index in [1.807, 2.05) is 13.8 Å². The van der Waals surface area contributed by atoms with Gasteiger partial charge in [0.15, 0.2) is 23.0 Å². The molecule has 2 N–H and O–H groups in total. The van der Waals surface area contributed by atoms with Gasteiger partial charge < -0.3 is 38.6 Å². The summed E-state index contributed by atoms with van der Waals surface area (Å²) in [6, 6.07) is 11.6. The third kappa shape index (κ3) is 5.17. The summed E-state index contributed by atoms with van der Waals surface area (Å²) in [7, 11) is 5.55. The molecule has 3 aromatic rings. The van der Waals surface area contributed by atoms with Crippen molar-refractivity contribution in [2.24, 2.45) is 11.8 Å². The standard InChI is InChI=1S/C31H34O10/c1-15-16(2)27(41-31(35)18-11-9-8-10-12-18)20-14-22(36-4)29(38-6)25(34)23(20)24-19(26(15)40-17(3)32)13-21(33)28(37-5)30(24)39-7/h8-16,26-27,33-34H,1-7H3. The molecule has 0 amide bonds. The van der Waals surface area contributed by atoms with Gasteiger partial charge in [-0.05, 0) is 24.3 Å². The topological polar surface area (TPSA) is 130 Å². The molecule has 4 atom stereocenters. The third-order valence-corrected chi connectivity index (χ3v) is 7.51. The summed E-state index contributed by atoms with van der Waals surface area (Å²) in [5, 5.41) is 22.7. The first-order chi connectivity index (χ1) is 19.6. The van der Waals surface area contributed by atoms with E-state index in [0.29, 0.717) is 16.7 Å². The molecule has 0 heterocycles. The number of rotatable bonds is 7. The van der Waals surface area contributed by atoms with Gasteiger partial charge in [-0.3, -0.25) is 4.79 Å². The molecule has 0 bridgehead atoms. The second-order valence-electron chi connectivity index (χ2n) is 9.79. The molecule has 4 rings (SSSR count). The van der Waals surface area contributed by atoms with Gasteiger partial charge in [0.1, 0.15) is 12.2 Å². The summed E-state index contributed by atoms with van der Waals surface area (Å²) in [5.41, 5.74) is 1.52. The Kier molecular flexibility index (Phi) is 8.51. The normalized spacial score (nSPS) is 19.5. The monoisotopic (exact) mass is 566 g/mol. The molecule has 0 saturated heterocycles. The second kappa shape index (κ2) is 11.9. The van der Waals surface area contributed by atoms with Crippen molar-refractivity contribution in [3.05, 3.63) is 59.2 Å². The largest absolute Gasteiger partial charge is 0.504 e. The SMILES string of the molecule is COc1cc2c(c(O)c1OC)-c1c(cc(O)c(OC)c1OC)C(OC(C)=O)C(C)C(C)C2OC(=O)c1ccccc1. The zero-order chi connectivity index (χ0) is 30.0. The van der Waals surface area contributed by atoms with Crippen LogP contribution in [-0.4, -0.2) is 50.6 Å². The van der Waals surface area contributed by atoms with Crippen LogP contribution in [0.2, 0.25) is 0 Å². The fourth-order valence-corrected chi connectivity index (χ4v) is 5.40. The summed E-state index contributed by atoms with van der Waals surface area (Å²) in [6.07, 6.45) is -1.91. The molecule has 218 valence electrons. The van der Waals surface area contributed by atoms with Crippen molar-refractivity contribution in [3.63, 3.8) is 0 Å². The number of phenolic OH excluding ortho intramolecular Hbond substituents is 2. The number of ether oxygens (including phenoxy) is 6. The summed E-state index contributed by atoms with van der Waals surface area (Å²) in [5.74, 6) is -2.41. The predicted molar refractivity (Wildman–Crippen MR) is 149 cm³/mol. The lowest BCUT2D eigenvalue weighted by atomic mass is 9.74. The number of phenols is 2. The van der Waals surface area contributed by atoms with Crippen LogP contribution in [0.5, 0.6) is 34.5 Å². The lowest BCUT2D eigenvalue weighted by Crippen LogP contribution is -2.31. The Bertz CT molecular complexity index is 1450. The molecule has 0 aromatic heterocycles. The smallest absolute Gasteiger partial charge is 0.338 e. The summed E-state index contributed by atoms with van der Waals surface area (Å²) >= 11 is 0. The summed E-state index contributed by atoms with van der Waals surface area (Å²) in [4.78, 5) is 25.8. The highest BCUT2D eigenvalue weighted by Crippen LogP contribution is 2.59. The van der Waals surface area contributed by atoms with Crippen molar-refractivity contribution in [1.29, 1.82) is 0 Å². The van der Waals surface area contributed by atoms with Crippen molar-refractivity contribution in [2.75, 3.05) is 28.4 Å². The number of fused-ring (bicyclic) bond motifs is 3. The maximum absolute atomic E-state index is 13.4. The van der Waals surface area contributed by atoms with Gasteiger partial charge in [-0.15, -0.1) is 0 Å². The molecule has 0 spiro atoms. The Morgan fingerprint density at radius 1 is 0.707 bits per heavy atom. The Morgan fingerprint density at radius 2 is 1.27 bits per heavy atom. The first-order valence-electron chi connectivity index (χ1n) is 13.0. The molecule has 0 radical (unpaired) electrons. The van der Waals surface area contributed by atoms with Crippen LogP contribution < -0.4 is 18.9 Å². The van der Waals surface area contributed by atoms with Crippen molar-refractivity contribution in [1.82, 2.24) is 0 Å². The predicted octanol–water partition coefficient (Wildman–Crippen LogP) is 5.59. The van der Waals surface area contributed by atoms with Crippen molar-refractivity contribution >= 4 is 11.9 Å². The van der Waals surface area contributed by atoms with Gasteiger partial charge in [0, 0.05) is 41.0 Å². The van der Waals surface area contributed by atoms with E-state index < -0.39 is 36.0 Å². The molecule has 0 saturated carbocycles. The van der Waals surface area contributed by atoms with Crippen molar-refractivity contribution < 1.29 is 48.2 Å². The van der Waals surface area contributed by atoms with Crippen LogP contribution >= 0.6 is 0 Å². The molecule has 10 heteroatoms. The highest BCUT2D eigenvalue weighted by atomic mass is 16.6. The van der Waals surface area contributed by atoms with Crippen LogP contribution in [-0.2, 0) is 14.3 Å². The zero-order valence-corrected chi connectivity index (χ0v) is 24.0. The van der Waals surface area contributed by atoms with Gasteiger partial charge in [-0.2, -0.15) is 0 Å². The fraction of sp³-hybridized carbons (Fsp3) is 0.355. The zero-order valence-electron chi connectivity index (χ0n) is 24.0. The summed E-state index contributed by atoms with van der Waals surface area (Å²) in [6.45, 7) is 4.99. The second-order valence-corrected chi connectivity index (χ2v) is 9.79. The Morgan fingerprint density at radius 3 is 1.80 bits per heavy atom. The Labute approximate surface area is 238 Å². The molecule has 4 unspecified atom stereocenters. The molecule has 10 nitrogen and oxygen atoms in total. The third-order valence-electron chi connectivity index (χ3n) is 7.51. The number of hydrogen-bond donors (Lipinski definition) is 2. The van der Waals surface area contributed by atoms with Gasteiger partial charge in [-0.25, -0.2) is 4.79 Å². The summed E-state index contributed by atoms with van der Waals surface area (Å²) < 4.78 is 34.3. The number of hydrogen-bond acceptors (Lipinski definition) is 10. The number of aromatic hydroxyl groups is 2. The lowest BCUT2D eigenvalue weighted by molar-refractivity contribution is -0.151.